The summed E-state index contributed by atoms with van der Waals surface area (Å²) >= 11 is 0. The number of furan rings is 1. The van der Waals surface area contributed by atoms with Gasteiger partial charge in [-0.2, -0.15) is 0 Å². The third-order valence-corrected chi connectivity index (χ3v) is 3.46. The minimum atomic E-state index is -0.938. The molecule has 0 fully saturated rings. The lowest BCUT2D eigenvalue weighted by Crippen LogP contribution is -2.47. The number of carboxylic acid groups (broad SMARTS) is 1. The Morgan fingerprint density at radius 1 is 1.35 bits per heavy atom. The Morgan fingerprint density at radius 2 is 2.05 bits per heavy atom. The van der Waals surface area contributed by atoms with Crippen LogP contribution in [0, 0.1) is 0 Å². The number of amides is 1. The molecule has 1 amide bonds. The Kier molecular flexibility index (Phi) is 3.79. The van der Waals surface area contributed by atoms with Gasteiger partial charge in [0.2, 0.25) is 0 Å². The summed E-state index contributed by atoms with van der Waals surface area (Å²) < 4.78 is 5.32. The normalized spacial score (nSPS) is 13.9. The molecule has 106 valence electrons. The van der Waals surface area contributed by atoms with Crippen molar-refractivity contribution in [1.29, 1.82) is 0 Å². The topological polar surface area (TPSA) is 79.5 Å². The van der Waals surface area contributed by atoms with Crippen LogP contribution in [0.1, 0.15) is 37.0 Å². The molecule has 0 aliphatic heterocycles. The molecule has 2 aromatic rings. The molecular weight excluding hydrogens is 258 g/mol. The summed E-state index contributed by atoms with van der Waals surface area (Å²) in [6, 6.07) is 7.23. The molecule has 20 heavy (non-hydrogen) atoms. The number of rotatable bonds is 5. The SMILES string of the molecule is CCC(C)(CC(=O)O)NC(=O)c1coc2ccccc12. The van der Waals surface area contributed by atoms with Crippen molar-refractivity contribution in [1.82, 2.24) is 5.32 Å². The first kappa shape index (κ1) is 14.1. The van der Waals surface area contributed by atoms with Crippen molar-refractivity contribution in [3.63, 3.8) is 0 Å². The van der Waals surface area contributed by atoms with Gasteiger partial charge in [0.15, 0.2) is 0 Å². The highest BCUT2D eigenvalue weighted by molar-refractivity contribution is 6.06. The zero-order valence-electron chi connectivity index (χ0n) is 11.5. The molecule has 5 nitrogen and oxygen atoms in total. The van der Waals surface area contributed by atoms with Crippen LogP contribution >= 0.6 is 0 Å². The van der Waals surface area contributed by atoms with Crippen LogP contribution in [0.2, 0.25) is 0 Å². The van der Waals surface area contributed by atoms with Gasteiger partial charge < -0.3 is 14.8 Å². The smallest absolute Gasteiger partial charge is 0.305 e. The van der Waals surface area contributed by atoms with Crippen molar-refractivity contribution >= 4 is 22.8 Å². The Morgan fingerprint density at radius 3 is 2.70 bits per heavy atom. The Hall–Kier alpha value is -2.30. The van der Waals surface area contributed by atoms with Gasteiger partial charge in [0, 0.05) is 10.9 Å². The van der Waals surface area contributed by atoms with Crippen LogP contribution in [-0.4, -0.2) is 22.5 Å². The molecule has 0 saturated heterocycles. The summed E-state index contributed by atoms with van der Waals surface area (Å²) in [4.78, 5) is 23.2. The quantitative estimate of drug-likeness (QED) is 0.879. The number of carboxylic acids is 1. The Labute approximate surface area is 116 Å². The largest absolute Gasteiger partial charge is 0.481 e. The number of hydrogen-bond donors (Lipinski definition) is 2. The summed E-state index contributed by atoms with van der Waals surface area (Å²) in [5, 5.41) is 12.4. The standard InChI is InChI=1S/C15H17NO4/c1-3-15(2,8-13(17)18)16-14(19)11-9-20-12-7-5-4-6-10(11)12/h4-7,9H,3,8H2,1-2H3,(H,16,19)(H,17,18). The van der Waals surface area contributed by atoms with E-state index in [1.54, 1.807) is 19.1 Å². The van der Waals surface area contributed by atoms with E-state index in [2.05, 4.69) is 5.32 Å². The van der Waals surface area contributed by atoms with E-state index in [0.717, 1.165) is 5.39 Å². The number of carbonyl (C=O) groups is 2. The van der Waals surface area contributed by atoms with Crippen molar-refractivity contribution in [2.24, 2.45) is 0 Å². The van der Waals surface area contributed by atoms with Gasteiger partial charge >= 0.3 is 5.97 Å². The summed E-state index contributed by atoms with van der Waals surface area (Å²) in [6.07, 6.45) is 1.81. The maximum absolute atomic E-state index is 12.3. The van der Waals surface area contributed by atoms with Gasteiger partial charge in [0.25, 0.3) is 5.91 Å². The van der Waals surface area contributed by atoms with E-state index in [1.165, 1.54) is 6.26 Å². The van der Waals surface area contributed by atoms with Crippen LogP contribution in [0.25, 0.3) is 11.0 Å². The molecule has 0 radical (unpaired) electrons. The molecule has 1 heterocycles. The third-order valence-electron chi connectivity index (χ3n) is 3.46. The number of carbonyl (C=O) groups excluding carboxylic acids is 1. The van der Waals surface area contributed by atoms with Crippen LogP contribution < -0.4 is 5.32 Å². The second kappa shape index (κ2) is 5.36. The molecule has 2 rings (SSSR count). The summed E-state index contributed by atoms with van der Waals surface area (Å²) in [5.74, 6) is -1.26. The number of para-hydroxylation sites is 1. The van der Waals surface area contributed by atoms with Crippen molar-refractivity contribution in [3.05, 3.63) is 36.1 Å². The number of fused-ring (bicyclic) bond motifs is 1. The van der Waals surface area contributed by atoms with Gasteiger partial charge in [0.05, 0.1) is 12.0 Å². The highest BCUT2D eigenvalue weighted by Crippen LogP contribution is 2.22. The lowest BCUT2D eigenvalue weighted by Gasteiger charge is -2.27. The van der Waals surface area contributed by atoms with E-state index >= 15 is 0 Å². The summed E-state index contributed by atoms with van der Waals surface area (Å²) in [5.41, 5.74) is 0.279. The molecule has 1 atom stereocenters. The summed E-state index contributed by atoms with van der Waals surface area (Å²) in [6.45, 7) is 3.57. The van der Waals surface area contributed by atoms with E-state index in [4.69, 9.17) is 9.52 Å². The fourth-order valence-electron chi connectivity index (χ4n) is 2.09. The molecule has 1 aromatic carbocycles. The summed E-state index contributed by atoms with van der Waals surface area (Å²) in [7, 11) is 0. The van der Waals surface area contributed by atoms with E-state index in [1.807, 2.05) is 19.1 Å². The monoisotopic (exact) mass is 275 g/mol. The van der Waals surface area contributed by atoms with Crippen molar-refractivity contribution in [3.8, 4) is 0 Å². The van der Waals surface area contributed by atoms with Gasteiger partial charge in [-0.15, -0.1) is 0 Å². The highest BCUT2D eigenvalue weighted by atomic mass is 16.4. The zero-order chi connectivity index (χ0) is 14.8. The molecule has 0 spiro atoms. The van der Waals surface area contributed by atoms with E-state index in [-0.39, 0.29) is 12.3 Å². The van der Waals surface area contributed by atoms with Crippen LogP contribution in [0.4, 0.5) is 0 Å². The highest BCUT2D eigenvalue weighted by Gasteiger charge is 2.28. The average molecular weight is 275 g/mol. The predicted octanol–water partition coefficient (Wildman–Crippen LogP) is 2.81. The van der Waals surface area contributed by atoms with Gasteiger partial charge in [-0.3, -0.25) is 9.59 Å². The van der Waals surface area contributed by atoms with Crippen LogP contribution in [0.15, 0.2) is 34.9 Å². The van der Waals surface area contributed by atoms with Crippen LogP contribution in [-0.2, 0) is 4.79 Å². The first-order valence-electron chi connectivity index (χ1n) is 6.46. The maximum atomic E-state index is 12.3. The molecule has 1 aromatic heterocycles. The number of benzene rings is 1. The van der Waals surface area contributed by atoms with E-state index in [9.17, 15) is 9.59 Å². The minimum absolute atomic E-state index is 0.120. The Balaban J connectivity index is 2.25. The average Bonchev–Trinajstić information content (AvgIpc) is 2.81. The van der Waals surface area contributed by atoms with E-state index in [0.29, 0.717) is 17.6 Å². The van der Waals surface area contributed by atoms with Crippen molar-refractivity contribution in [2.75, 3.05) is 0 Å². The third kappa shape index (κ3) is 2.82. The molecule has 5 heteroatoms. The molecular formula is C15H17NO4. The van der Waals surface area contributed by atoms with Gasteiger partial charge in [-0.1, -0.05) is 25.1 Å². The number of aliphatic carboxylic acids is 1. The van der Waals surface area contributed by atoms with Crippen LogP contribution in [0.5, 0.6) is 0 Å². The molecule has 0 aliphatic rings. The number of hydrogen-bond acceptors (Lipinski definition) is 3. The minimum Gasteiger partial charge on any atom is -0.481 e. The Bertz CT molecular complexity index is 646. The molecule has 2 N–H and O–H groups in total. The first-order valence-corrected chi connectivity index (χ1v) is 6.46. The maximum Gasteiger partial charge on any atom is 0.305 e. The molecule has 1 unspecified atom stereocenters. The molecule has 0 saturated carbocycles. The first-order chi connectivity index (χ1) is 9.45. The van der Waals surface area contributed by atoms with Crippen LogP contribution in [0.3, 0.4) is 0 Å². The molecule has 0 aliphatic carbocycles. The lowest BCUT2D eigenvalue weighted by atomic mass is 9.94. The second-order valence-corrected chi connectivity index (χ2v) is 5.08. The van der Waals surface area contributed by atoms with Gasteiger partial charge in [0.1, 0.15) is 11.8 Å². The fraction of sp³-hybridized carbons (Fsp3) is 0.333. The van der Waals surface area contributed by atoms with E-state index < -0.39 is 11.5 Å². The number of nitrogens with one attached hydrogen (secondary N) is 1. The molecule has 0 bridgehead atoms. The fourth-order valence-corrected chi connectivity index (χ4v) is 2.09. The zero-order valence-corrected chi connectivity index (χ0v) is 11.5. The predicted molar refractivity (Wildman–Crippen MR) is 74.6 cm³/mol. The van der Waals surface area contributed by atoms with Gasteiger partial charge in [-0.25, -0.2) is 0 Å². The van der Waals surface area contributed by atoms with Gasteiger partial charge in [-0.05, 0) is 19.4 Å². The van der Waals surface area contributed by atoms with Crippen molar-refractivity contribution < 1.29 is 19.1 Å². The lowest BCUT2D eigenvalue weighted by molar-refractivity contribution is -0.138. The second-order valence-electron chi connectivity index (χ2n) is 5.08. The van der Waals surface area contributed by atoms with Crippen molar-refractivity contribution in [2.45, 2.75) is 32.2 Å².